The van der Waals surface area contributed by atoms with Crippen molar-refractivity contribution < 1.29 is 13.2 Å². The maximum Gasteiger partial charge on any atom is 0.238 e. The first-order chi connectivity index (χ1) is 11.4. The molecule has 0 aromatic heterocycles. The zero-order chi connectivity index (χ0) is 17.3. The van der Waals surface area contributed by atoms with Gasteiger partial charge in [0.1, 0.15) is 6.07 Å². The lowest BCUT2D eigenvalue weighted by Gasteiger charge is -2.35. The summed E-state index contributed by atoms with van der Waals surface area (Å²) in [4.78, 5) is 14.3. The van der Waals surface area contributed by atoms with E-state index in [1.807, 2.05) is 11.0 Å². The van der Waals surface area contributed by atoms with Crippen LogP contribution in [0.15, 0.2) is 18.2 Å². The molecule has 128 valence electrons. The summed E-state index contributed by atoms with van der Waals surface area (Å²) in [6.07, 6.45) is 2.06. The van der Waals surface area contributed by atoms with Gasteiger partial charge in [-0.15, -0.1) is 0 Å². The molecule has 1 saturated heterocycles. The third kappa shape index (κ3) is 4.07. The Balaban J connectivity index is 1.64. The monoisotopic (exact) mass is 367 g/mol. The average molecular weight is 368 g/mol. The van der Waals surface area contributed by atoms with Crippen LogP contribution < -0.4 is 5.32 Å². The lowest BCUT2D eigenvalue weighted by molar-refractivity contribution is -0.117. The molecule has 1 aromatic rings. The number of anilines is 1. The molecule has 0 spiro atoms. The molecule has 1 aliphatic carbocycles. The zero-order valence-electron chi connectivity index (χ0n) is 13.0. The van der Waals surface area contributed by atoms with Crippen LogP contribution in [0.3, 0.4) is 0 Å². The SMILES string of the molecule is N#Cc1ccc(NC(=O)CN2CCS(=O)(=O)CC2C2CC2)cc1Cl. The molecule has 1 aliphatic heterocycles. The molecule has 1 amide bonds. The second kappa shape index (κ2) is 6.71. The quantitative estimate of drug-likeness (QED) is 0.874. The van der Waals surface area contributed by atoms with Gasteiger partial charge in [0.2, 0.25) is 5.91 Å². The summed E-state index contributed by atoms with van der Waals surface area (Å²) in [6.45, 7) is 0.555. The zero-order valence-corrected chi connectivity index (χ0v) is 14.6. The van der Waals surface area contributed by atoms with Crippen LogP contribution in [-0.2, 0) is 14.6 Å². The summed E-state index contributed by atoms with van der Waals surface area (Å²) < 4.78 is 23.7. The smallest absolute Gasteiger partial charge is 0.238 e. The third-order valence-electron chi connectivity index (χ3n) is 4.47. The highest BCUT2D eigenvalue weighted by Gasteiger charge is 2.41. The van der Waals surface area contributed by atoms with Crippen molar-refractivity contribution in [1.82, 2.24) is 4.90 Å². The number of halogens is 1. The van der Waals surface area contributed by atoms with Crippen molar-refractivity contribution in [3.05, 3.63) is 28.8 Å². The Morgan fingerprint density at radius 2 is 2.17 bits per heavy atom. The maximum absolute atomic E-state index is 12.3. The molecule has 1 saturated carbocycles. The standard InChI is InChI=1S/C16H18ClN3O3S/c17-14-7-13(4-3-12(14)8-18)19-16(21)9-20-5-6-24(22,23)10-15(20)11-1-2-11/h3-4,7,11,15H,1-2,5-6,9-10H2,(H,19,21). The molecule has 8 heteroatoms. The van der Waals surface area contributed by atoms with Crippen LogP contribution in [-0.4, -0.2) is 49.9 Å². The number of amides is 1. The van der Waals surface area contributed by atoms with Gasteiger partial charge in [-0.2, -0.15) is 5.26 Å². The van der Waals surface area contributed by atoms with Crippen molar-refractivity contribution in [1.29, 1.82) is 5.26 Å². The summed E-state index contributed by atoms with van der Waals surface area (Å²) >= 11 is 5.96. The number of hydrogen-bond donors (Lipinski definition) is 1. The van der Waals surface area contributed by atoms with Gasteiger partial charge in [0.15, 0.2) is 9.84 Å². The number of nitriles is 1. The molecule has 3 rings (SSSR count). The minimum Gasteiger partial charge on any atom is -0.325 e. The minimum atomic E-state index is -3.00. The van der Waals surface area contributed by atoms with E-state index in [1.54, 1.807) is 12.1 Å². The topological polar surface area (TPSA) is 90.3 Å². The van der Waals surface area contributed by atoms with Crippen molar-refractivity contribution in [2.24, 2.45) is 5.92 Å². The summed E-state index contributed by atoms with van der Waals surface area (Å²) in [5.74, 6) is 0.428. The average Bonchev–Trinajstić information content (AvgIpc) is 3.34. The Bertz CT molecular complexity index is 799. The Labute approximate surface area is 146 Å². The molecule has 0 radical (unpaired) electrons. The number of rotatable bonds is 4. The summed E-state index contributed by atoms with van der Waals surface area (Å²) in [5.41, 5.74) is 0.876. The van der Waals surface area contributed by atoms with E-state index in [1.165, 1.54) is 6.07 Å². The first-order valence-electron chi connectivity index (χ1n) is 7.82. The van der Waals surface area contributed by atoms with Crippen LogP contribution in [0.25, 0.3) is 0 Å². The van der Waals surface area contributed by atoms with E-state index in [9.17, 15) is 13.2 Å². The normalized spacial score (nSPS) is 23.4. The van der Waals surface area contributed by atoms with Crippen molar-refractivity contribution in [2.75, 3.05) is 29.9 Å². The second-order valence-corrected chi connectivity index (χ2v) is 8.98. The fourth-order valence-electron chi connectivity index (χ4n) is 3.05. The number of benzene rings is 1. The first-order valence-corrected chi connectivity index (χ1v) is 10.0. The Morgan fingerprint density at radius 1 is 1.42 bits per heavy atom. The van der Waals surface area contributed by atoms with Crippen LogP contribution in [0.4, 0.5) is 5.69 Å². The molecule has 2 aliphatic rings. The molecule has 0 bridgehead atoms. The maximum atomic E-state index is 12.3. The van der Waals surface area contributed by atoms with E-state index in [0.29, 0.717) is 23.7 Å². The molecular weight excluding hydrogens is 350 g/mol. The van der Waals surface area contributed by atoms with E-state index >= 15 is 0 Å². The predicted molar refractivity (Wildman–Crippen MR) is 91.5 cm³/mol. The van der Waals surface area contributed by atoms with E-state index < -0.39 is 9.84 Å². The van der Waals surface area contributed by atoms with Crippen LogP contribution in [0.5, 0.6) is 0 Å². The number of hydrogen-bond acceptors (Lipinski definition) is 5. The minimum absolute atomic E-state index is 0.0564. The van der Waals surface area contributed by atoms with E-state index in [2.05, 4.69) is 5.32 Å². The van der Waals surface area contributed by atoms with Crippen LogP contribution in [0, 0.1) is 17.2 Å². The van der Waals surface area contributed by atoms with Gasteiger partial charge in [0, 0.05) is 18.3 Å². The molecule has 1 unspecified atom stereocenters. The van der Waals surface area contributed by atoms with Crippen molar-refractivity contribution in [3.63, 3.8) is 0 Å². The number of nitrogens with zero attached hydrogens (tertiary/aromatic N) is 2. The van der Waals surface area contributed by atoms with Crippen LogP contribution >= 0.6 is 11.6 Å². The molecule has 1 atom stereocenters. The fraction of sp³-hybridized carbons (Fsp3) is 0.500. The summed E-state index contributed by atoms with van der Waals surface area (Å²) in [5, 5.41) is 11.9. The highest BCUT2D eigenvalue weighted by molar-refractivity contribution is 7.91. The lowest BCUT2D eigenvalue weighted by atomic mass is 10.1. The van der Waals surface area contributed by atoms with Gasteiger partial charge >= 0.3 is 0 Å². The molecule has 6 nitrogen and oxygen atoms in total. The number of carbonyl (C=O) groups is 1. The van der Waals surface area contributed by atoms with E-state index in [-0.39, 0.29) is 35.0 Å². The molecule has 1 aromatic carbocycles. The van der Waals surface area contributed by atoms with Gasteiger partial charge in [0.05, 0.1) is 28.6 Å². The largest absolute Gasteiger partial charge is 0.325 e. The Hall–Kier alpha value is -1.62. The van der Waals surface area contributed by atoms with Gasteiger partial charge in [-0.25, -0.2) is 8.42 Å². The first kappa shape index (κ1) is 17.2. The summed E-state index contributed by atoms with van der Waals surface area (Å²) in [7, 11) is -3.00. The fourth-order valence-corrected chi connectivity index (χ4v) is 4.96. The van der Waals surface area contributed by atoms with E-state index in [0.717, 1.165) is 12.8 Å². The lowest BCUT2D eigenvalue weighted by Crippen LogP contribution is -2.52. The third-order valence-corrected chi connectivity index (χ3v) is 6.44. The number of sulfone groups is 1. The Morgan fingerprint density at radius 3 is 2.79 bits per heavy atom. The molecule has 2 fully saturated rings. The van der Waals surface area contributed by atoms with Crippen molar-refractivity contribution >= 4 is 33.0 Å². The van der Waals surface area contributed by atoms with Gasteiger partial charge in [-0.3, -0.25) is 9.69 Å². The molecule has 24 heavy (non-hydrogen) atoms. The Kier molecular flexibility index (Phi) is 4.81. The van der Waals surface area contributed by atoms with Gasteiger partial charge < -0.3 is 5.32 Å². The van der Waals surface area contributed by atoms with Crippen LogP contribution in [0.1, 0.15) is 18.4 Å². The molecule has 1 N–H and O–H groups in total. The predicted octanol–water partition coefficient (Wildman–Crippen LogP) is 1.66. The highest BCUT2D eigenvalue weighted by Crippen LogP contribution is 2.37. The van der Waals surface area contributed by atoms with E-state index in [4.69, 9.17) is 16.9 Å². The number of carbonyl (C=O) groups excluding carboxylic acids is 1. The highest BCUT2D eigenvalue weighted by atomic mass is 35.5. The van der Waals surface area contributed by atoms with Gasteiger partial charge in [0.25, 0.3) is 0 Å². The van der Waals surface area contributed by atoms with Crippen molar-refractivity contribution in [2.45, 2.75) is 18.9 Å². The van der Waals surface area contributed by atoms with Crippen molar-refractivity contribution in [3.8, 4) is 6.07 Å². The van der Waals surface area contributed by atoms with Gasteiger partial charge in [-0.1, -0.05) is 11.6 Å². The summed E-state index contributed by atoms with van der Waals surface area (Å²) in [6, 6.07) is 6.63. The van der Waals surface area contributed by atoms with Crippen LogP contribution in [0.2, 0.25) is 5.02 Å². The van der Waals surface area contributed by atoms with Gasteiger partial charge in [-0.05, 0) is 37.0 Å². The second-order valence-electron chi connectivity index (χ2n) is 6.34. The molecule has 1 heterocycles. The molecular formula is C16H18ClN3O3S. The number of nitrogens with one attached hydrogen (secondary N) is 1.